The zero-order chi connectivity index (χ0) is 12.8. The minimum absolute atomic E-state index is 0.564. The molecule has 1 fully saturated rings. The van der Waals surface area contributed by atoms with Gasteiger partial charge >= 0.3 is 0 Å². The van der Waals surface area contributed by atoms with Gasteiger partial charge in [-0.3, -0.25) is 0 Å². The molecule has 1 atom stereocenters. The van der Waals surface area contributed by atoms with Crippen molar-refractivity contribution in [1.29, 1.82) is 0 Å². The lowest BCUT2D eigenvalue weighted by molar-refractivity contribution is 0.178. The van der Waals surface area contributed by atoms with Crippen LogP contribution in [-0.4, -0.2) is 30.3 Å². The van der Waals surface area contributed by atoms with E-state index >= 15 is 0 Å². The largest absolute Gasteiger partial charge is 0.303 e. The van der Waals surface area contributed by atoms with Gasteiger partial charge in [-0.1, -0.05) is 43.7 Å². The minimum atomic E-state index is 0.564. The number of hydrogen-bond acceptors (Lipinski definition) is 2. The summed E-state index contributed by atoms with van der Waals surface area (Å²) in [6.07, 6.45) is 4.32. The first kappa shape index (κ1) is 14.0. The number of thiol groups is 1. The quantitative estimate of drug-likeness (QED) is 0.732. The van der Waals surface area contributed by atoms with Crippen LogP contribution in [0.1, 0.15) is 37.7 Å². The number of rotatable bonds is 7. The second-order valence-corrected chi connectivity index (χ2v) is 5.80. The predicted octanol–water partition coefficient (Wildman–Crippen LogP) is 3.82. The van der Waals surface area contributed by atoms with Crippen molar-refractivity contribution in [3.63, 3.8) is 0 Å². The van der Waals surface area contributed by atoms with Crippen molar-refractivity contribution in [2.75, 3.05) is 25.4 Å². The third kappa shape index (κ3) is 3.76. The molecule has 18 heavy (non-hydrogen) atoms. The van der Waals surface area contributed by atoms with Crippen LogP contribution in [0, 0.1) is 5.92 Å². The Hall–Kier alpha value is -0.470. The van der Waals surface area contributed by atoms with Gasteiger partial charge in [0, 0.05) is 19.0 Å². The molecule has 100 valence electrons. The molecule has 0 bridgehead atoms. The first-order valence-corrected chi connectivity index (χ1v) is 7.85. The summed E-state index contributed by atoms with van der Waals surface area (Å²) in [5, 5.41) is 0. The van der Waals surface area contributed by atoms with Gasteiger partial charge in [0.05, 0.1) is 0 Å². The highest BCUT2D eigenvalue weighted by Crippen LogP contribution is 2.28. The number of nitrogens with zero attached hydrogens (tertiary/aromatic N) is 1. The van der Waals surface area contributed by atoms with Crippen LogP contribution in [-0.2, 0) is 0 Å². The van der Waals surface area contributed by atoms with E-state index in [1.807, 2.05) is 0 Å². The van der Waals surface area contributed by atoms with E-state index in [1.165, 1.54) is 31.4 Å². The molecular weight excluding hydrogens is 238 g/mol. The van der Waals surface area contributed by atoms with E-state index in [9.17, 15) is 0 Å². The van der Waals surface area contributed by atoms with Gasteiger partial charge in [-0.25, -0.2) is 0 Å². The molecule has 0 N–H and O–H groups in total. The highest BCUT2D eigenvalue weighted by Gasteiger charge is 2.21. The van der Waals surface area contributed by atoms with Crippen molar-refractivity contribution in [1.82, 2.24) is 4.90 Å². The Kier molecular flexibility index (Phi) is 5.58. The smallest absolute Gasteiger partial charge is 0.00581 e. The molecule has 0 heterocycles. The lowest BCUT2D eigenvalue weighted by Crippen LogP contribution is -2.35. The summed E-state index contributed by atoms with van der Waals surface area (Å²) in [5.74, 6) is 2.46. The summed E-state index contributed by atoms with van der Waals surface area (Å²) >= 11 is 4.54. The number of benzene rings is 1. The summed E-state index contributed by atoms with van der Waals surface area (Å²) in [7, 11) is 0. The third-order valence-corrected chi connectivity index (χ3v) is 4.60. The second kappa shape index (κ2) is 7.20. The third-order valence-electron chi connectivity index (χ3n) is 4.16. The van der Waals surface area contributed by atoms with Crippen molar-refractivity contribution >= 4 is 12.6 Å². The fraction of sp³-hybridized carbons (Fsp3) is 0.625. The molecule has 1 unspecified atom stereocenters. The van der Waals surface area contributed by atoms with Crippen LogP contribution in [0.15, 0.2) is 30.3 Å². The van der Waals surface area contributed by atoms with Crippen LogP contribution in [0.4, 0.5) is 0 Å². The summed E-state index contributed by atoms with van der Waals surface area (Å²) in [4.78, 5) is 2.61. The van der Waals surface area contributed by atoms with E-state index < -0.39 is 0 Å². The zero-order valence-corrected chi connectivity index (χ0v) is 12.3. The van der Waals surface area contributed by atoms with E-state index in [-0.39, 0.29) is 0 Å². The lowest BCUT2D eigenvalue weighted by atomic mass is 9.85. The maximum Gasteiger partial charge on any atom is 0.00581 e. The average molecular weight is 263 g/mol. The molecule has 0 saturated heterocycles. The standard InChI is InChI=1S/C16H25NS/c1-2-17(11-14-7-6-8-14)12-16(13-18)15-9-4-3-5-10-15/h3-5,9-10,14,16,18H,2,6-8,11-13H2,1H3. The summed E-state index contributed by atoms with van der Waals surface area (Å²) in [6, 6.07) is 10.8. The fourth-order valence-electron chi connectivity index (χ4n) is 2.68. The summed E-state index contributed by atoms with van der Waals surface area (Å²) in [5.41, 5.74) is 1.43. The Labute approximate surface area is 117 Å². The minimum Gasteiger partial charge on any atom is -0.303 e. The first-order valence-electron chi connectivity index (χ1n) is 7.21. The Morgan fingerprint density at radius 1 is 1.28 bits per heavy atom. The van der Waals surface area contributed by atoms with Crippen molar-refractivity contribution in [2.24, 2.45) is 5.92 Å². The number of likely N-dealkylation sites (N-methyl/N-ethyl adjacent to an activating group) is 1. The van der Waals surface area contributed by atoms with Crippen molar-refractivity contribution in [3.05, 3.63) is 35.9 Å². The van der Waals surface area contributed by atoms with Crippen LogP contribution in [0.5, 0.6) is 0 Å². The van der Waals surface area contributed by atoms with E-state index in [0.29, 0.717) is 5.92 Å². The van der Waals surface area contributed by atoms with Crippen LogP contribution >= 0.6 is 12.6 Å². The maximum absolute atomic E-state index is 4.54. The van der Waals surface area contributed by atoms with Crippen molar-refractivity contribution in [3.8, 4) is 0 Å². The molecule has 0 spiro atoms. The molecule has 0 aliphatic heterocycles. The van der Waals surface area contributed by atoms with Gasteiger partial charge in [0.15, 0.2) is 0 Å². The molecular formula is C16H25NS. The van der Waals surface area contributed by atoms with Gasteiger partial charge in [0.2, 0.25) is 0 Å². The Bertz CT molecular complexity index is 334. The van der Waals surface area contributed by atoms with Crippen molar-refractivity contribution in [2.45, 2.75) is 32.1 Å². The van der Waals surface area contributed by atoms with E-state index in [0.717, 1.165) is 24.8 Å². The molecule has 0 radical (unpaired) electrons. The molecule has 1 aliphatic rings. The predicted molar refractivity (Wildman–Crippen MR) is 82.5 cm³/mol. The molecule has 1 aromatic carbocycles. The SMILES string of the molecule is CCN(CC1CCC1)CC(CS)c1ccccc1. The van der Waals surface area contributed by atoms with Gasteiger partial charge in [-0.15, -0.1) is 0 Å². The van der Waals surface area contributed by atoms with Crippen LogP contribution in [0.2, 0.25) is 0 Å². The van der Waals surface area contributed by atoms with Gasteiger partial charge < -0.3 is 4.90 Å². The molecule has 1 aliphatic carbocycles. The van der Waals surface area contributed by atoms with E-state index in [1.54, 1.807) is 0 Å². The highest BCUT2D eigenvalue weighted by molar-refractivity contribution is 7.80. The molecule has 1 nitrogen and oxygen atoms in total. The molecule has 0 amide bonds. The Morgan fingerprint density at radius 3 is 2.50 bits per heavy atom. The fourth-order valence-corrected chi connectivity index (χ4v) is 3.00. The summed E-state index contributed by atoms with van der Waals surface area (Å²) in [6.45, 7) is 5.88. The van der Waals surface area contributed by atoms with Crippen molar-refractivity contribution < 1.29 is 0 Å². The lowest BCUT2D eigenvalue weighted by Gasteiger charge is -2.33. The highest BCUT2D eigenvalue weighted by atomic mass is 32.1. The average Bonchev–Trinajstić information content (AvgIpc) is 2.38. The Morgan fingerprint density at radius 2 is 2.00 bits per heavy atom. The zero-order valence-electron chi connectivity index (χ0n) is 11.4. The monoisotopic (exact) mass is 263 g/mol. The topological polar surface area (TPSA) is 3.24 Å². The molecule has 2 heteroatoms. The Balaban J connectivity index is 1.91. The molecule has 1 saturated carbocycles. The first-order chi connectivity index (χ1) is 8.83. The van der Waals surface area contributed by atoms with Gasteiger partial charge in [0.25, 0.3) is 0 Å². The molecule has 2 rings (SSSR count). The normalized spacial score (nSPS) is 17.7. The molecule has 0 aromatic heterocycles. The van der Waals surface area contributed by atoms with Crippen LogP contribution in [0.25, 0.3) is 0 Å². The van der Waals surface area contributed by atoms with Gasteiger partial charge in [-0.2, -0.15) is 12.6 Å². The van der Waals surface area contributed by atoms with E-state index in [4.69, 9.17) is 0 Å². The van der Waals surface area contributed by atoms with E-state index in [2.05, 4.69) is 54.8 Å². The second-order valence-electron chi connectivity index (χ2n) is 5.44. The van der Waals surface area contributed by atoms with Gasteiger partial charge in [-0.05, 0) is 36.6 Å². The summed E-state index contributed by atoms with van der Waals surface area (Å²) < 4.78 is 0. The molecule has 1 aromatic rings. The van der Waals surface area contributed by atoms with Crippen LogP contribution < -0.4 is 0 Å². The van der Waals surface area contributed by atoms with Gasteiger partial charge in [0.1, 0.15) is 0 Å². The maximum atomic E-state index is 4.54. The van der Waals surface area contributed by atoms with Crippen LogP contribution in [0.3, 0.4) is 0 Å². The number of hydrogen-bond donors (Lipinski definition) is 1.